The molecule has 0 radical (unpaired) electrons. The molecule has 0 aliphatic carbocycles. The molecule has 7 nitrogen and oxygen atoms in total. The second kappa shape index (κ2) is 6.61. The van der Waals surface area contributed by atoms with E-state index in [4.69, 9.17) is 4.74 Å². The highest BCUT2D eigenvalue weighted by atomic mass is 32.2. The van der Waals surface area contributed by atoms with Gasteiger partial charge >= 0.3 is 5.97 Å². The number of amides is 2. The third-order valence-electron chi connectivity index (χ3n) is 2.69. The quantitative estimate of drug-likeness (QED) is 0.660. The number of ether oxygens (including phenoxy) is 1. The third kappa shape index (κ3) is 3.64. The van der Waals surface area contributed by atoms with Crippen molar-refractivity contribution in [1.29, 1.82) is 0 Å². The number of amidine groups is 1. The molecule has 1 aromatic rings. The van der Waals surface area contributed by atoms with E-state index in [1.807, 2.05) is 0 Å². The Bertz CT molecular complexity index is 659. The number of thioether (sulfide) groups is 1. The fraction of sp³-hybridized carbons (Fsp3) is 0.286. The lowest BCUT2D eigenvalue weighted by Crippen LogP contribution is -2.25. The molecule has 0 fully saturated rings. The van der Waals surface area contributed by atoms with Crippen LogP contribution in [0.5, 0.6) is 5.75 Å². The Labute approximate surface area is 131 Å². The van der Waals surface area contributed by atoms with Crippen molar-refractivity contribution in [3.8, 4) is 5.75 Å². The highest BCUT2D eigenvalue weighted by molar-refractivity contribution is 8.14. The van der Waals surface area contributed by atoms with E-state index in [1.165, 1.54) is 37.5 Å². The second-order valence-electron chi connectivity index (χ2n) is 4.55. The molecular formula is C14H15N3O4S. The highest BCUT2D eigenvalue weighted by Crippen LogP contribution is 2.42. The Morgan fingerprint density at radius 2 is 1.91 bits per heavy atom. The topological polar surface area (TPSA) is 88.1 Å². The molecule has 0 aromatic heterocycles. The molecular weight excluding hydrogens is 306 g/mol. The zero-order valence-electron chi connectivity index (χ0n) is 12.3. The Morgan fingerprint density at radius 1 is 1.23 bits per heavy atom. The van der Waals surface area contributed by atoms with Gasteiger partial charge in [-0.2, -0.15) is 0 Å². The summed E-state index contributed by atoms with van der Waals surface area (Å²) in [4.78, 5) is 34.1. The van der Waals surface area contributed by atoms with Crippen LogP contribution in [0, 0.1) is 0 Å². The van der Waals surface area contributed by atoms with Crippen LogP contribution in [0.4, 0.5) is 0 Å². The zero-order chi connectivity index (χ0) is 16.3. The maximum absolute atomic E-state index is 11.8. The number of benzene rings is 1. The number of esters is 1. The SMILES string of the molecule is CC(=O)NC1=NN(C(C)=O)[C@H](c2ccccc2OC(C)=O)S1. The van der Waals surface area contributed by atoms with Gasteiger partial charge < -0.3 is 10.1 Å². The summed E-state index contributed by atoms with van der Waals surface area (Å²) in [5.74, 6) is -0.648. The summed E-state index contributed by atoms with van der Waals surface area (Å²) >= 11 is 1.20. The van der Waals surface area contributed by atoms with Gasteiger partial charge in [-0.15, -0.1) is 5.10 Å². The normalized spacial score (nSPS) is 17.0. The molecule has 1 aliphatic rings. The van der Waals surface area contributed by atoms with Crippen molar-refractivity contribution >= 4 is 34.7 Å². The van der Waals surface area contributed by atoms with Crippen molar-refractivity contribution in [2.45, 2.75) is 26.1 Å². The standard InChI is InChI=1S/C14H15N3O4S/c1-8(18)15-14-16-17(9(2)19)13(22-14)11-6-4-5-7-12(11)21-10(3)20/h4-7,13H,1-3H3,(H,15,16,18)/t13-/m0/s1. The number of carbonyl (C=O) groups is 3. The number of carbonyl (C=O) groups excluding carboxylic acids is 3. The van der Waals surface area contributed by atoms with Crippen LogP contribution in [0.15, 0.2) is 29.4 Å². The number of hydrogen-bond donors (Lipinski definition) is 1. The highest BCUT2D eigenvalue weighted by Gasteiger charge is 2.34. The molecule has 8 heteroatoms. The van der Waals surface area contributed by atoms with E-state index in [-0.39, 0.29) is 11.8 Å². The molecule has 0 saturated heterocycles. The van der Waals surface area contributed by atoms with Crippen molar-refractivity contribution in [3.63, 3.8) is 0 Å². The van der Waals surface area contributed by atoms with Gasteiger partial charge in [-0.1, -0.05) is 30.0 Å². The van der Waals surface area contributed by atoms with E-state index in [0.29, 0.717) is 16.5 Å². The molecule has 0 spiro atoms. The van der Waals surface area contributed by atoms with Crippen LogP contribution < -0.4 is 10.1 Å². The molecule has 0 bridgehead atoms. The van der Waals surface area contributed by atoms with Gasteiger partial charge in [-0.05, 0) is 6.07 Å². The fourth-order valence-corrected chi connectivity index (χ4v) is 3.06. The maximum Gasteiger partial charge on any atom is 0.308 e. The van der Waals surface area contributed by atoms with Gasteiger partial charge in [0.15, 0.2) is 5.17 Å². The summed E-state index contributed by atoms with van der Waals surface area (Å²) < 4.78 is 5.17. The molecule has 2 amide bonds. The van der Waals surface area contributed by atoms with Gasteiger partial charge in [-0.3, -0.25) is 14.4 Å². The predicted octanol–water partition coefficient (Wildman–Crippen LogP) is 1.61. The van der Waals surface area contributed by atoms with Crippen LogP contribution >= 0.6 is 11.8 Å². The van der Waals surface area contributed by atoms with Crippen molar-refractivity contribution in [2.75, 3.05) is 0 Å². The molecule has 1 atom stereocenters. The first-order valence-electron chi connectivity index (χ1n) is 6.48. The van der Waals surface area contributed by atoms with Crippen molar-refractivity contribution in [1.82, 2.24) is 10.3 Å². The smallest absolute Gasteiger partial charge is 0.308 e. The predicted molar refractivity (Wildman–Crippen MR) is 81.9 cm³/mol. The van der Waals surface area contributed by atoms with Crippen LogP contribution in [-0.2, 0) is 14.4 Å². The first kappa shape index (κ1) is 16.0. The largest absolute Gasteiger partial charge is 0.426 e. The van der Waals surface area contributed by atoms with Crippen LogP contribution in [0.1, 0.15) is 31.7 Å². The van der Waals surface area contributed by atoms with Gasteiger partial charge in [0.25, 0.3) is 0 Å². The first-order chi connectivity index (χ1) is 10.4. The van der Waals surface area contributed by atoms with Gasteiger partial charge in [-0.25, -0.2) is 5.01 Å². The average molecular weight is 321 g/mol. The Balaban J connectivity index is 2.34. The number of nitrogens with one attached hydrogen (secondary N) is 1. The van der Waals surface area contributed by atoms with E-state index >= 15 is 0 Å². The number of hydrogen-bond acceptors (Lipinski definition) is 6. The maximum atomic E-state index is 11.8. The summed E-state index contributed by atoms with van der Waals surface area (Å²) in [6.45, 7) is 4.05. The van der Waals surface area contributed by atoms with E-state index in [0.717, 1.165) is 0 Å². The summed E-state index contributed by atoms with van der Waals surface area (Å²) in [5, 5.41) is 7.72. The minimum atomic E-state index is -0.505. The van der Waals surface area contributed by atoms with E-state index in [9.17, 15) is 14.4 Å². The van der Waals surface area contributed by atoms with Crippen LogP contribution in [0.25, 0.3) is 0 Å². The minimum Gasteiger partial charge on any atom is -0.426 e. The summed E-state index contributed by atoms with van der Waals surface area (Å²) in [6, 6.07) is 6.90. The Kier molecular flexibility index (Phi) is 4.81. The Hall–Kier alpha value is -2.35. The van der Waals surface area contributed by atoms with Crippen molar-refractivity contribution in [2.24, 2.45) is 5.10 Å². The molecule has 1 N–H and O–H groups in total. The monoisotopic (exact) mass is 321 g/mol. The van der Waals surface area contributed by atoms with Gasteiger partial charge in [0.05, 0.1) is 0 Å². The lowest BCUT2D eigenvalue weighted by molar-refractivity contribution is -0.132. The van der Waals surface area contributed by atoms with E-state index in [2.05, 4.69) is 10.4 Å². The second-order valence-corrected chi connectivity index (χ2v) is 5.62. The van der Waals surface area contributed by atoms with E-state index < -0.39 is 11.3 Å². The molecule has 2 rings (SSSR count). The molecule has 0 unspecified atom stereocenters. The lowest BCUT2D eigenvalue weighted by atomic mass is 10.2. The minimum absolute atomic E-state index is 0.274. The summed E-state index contributed by atoms with van der Waals surface area (Å²) in [7, 11) is 0. The van der Waals surface area contributed by atoms with Crippen LogP contribution in [-0.4, -0.2) is 28.0 Å². The molecule has 1 aromatic carbocycles. The van der Waals surface area contributed by atoms with Crippen molar-refractivity contribution < 1.29 is 19.1 Å². The first-order valence-corrected chi connectivity index (χ1v) is 7.36. The number of nitrogens with zero attached hydrogens (tertiary/aromatic N) is 2. The molecule has 22 heavy (non-hydrogen) atoms. The lowest BCUT2D eigenvalue weighted by Gasteiger charge is -2.21. The number of rotatable bonds is 2. The average Bonchev–Trinajstić information content (AvgIpc) is 2.81. The molecule has 1 heterocycles. The number of para-hydroxylation sites is 1. The molecule has 116 valence electrons. The van der Waals surface area contributed by atoms with Crippen molar-refractivity contribution in [3.05, 3.63) is 29.8 Å². The Morgan fingerprint density at radius 3 is 2.50 bits per heavy atom. The summed E-state index contributed by atoms with van der Waals surface area (Å²) in [5.41, 5.74) is 0.627. The summed E-state index contributed by atoms with van der Waals surface area (Å²) in [6.07, 6.45) is 0. The van der Waals surface area contributed by atoms with Gasteiger partial charge in [0.2, 0.25) is 11.8 Å². The van der Waals surface area contributed by atoms with E-state index in [1.54, 1.807) is 24.3 Å². The fourth-order valence-electron chi connectivity index (χ4n) is 1.90. The number of hydrazone groups is 1. The zero-order valence-corrected chi connectivity index (χ0v) is 13.1. The van der Waals surface area contributed by atoms with Gasteiger partial charge in [0, 0.05) is 26.3 Å². The van der Waals surface area contributed by atoms with Crippen LogP contribution in [0.3, 0.4) is 0 Å². The third-order valence-corrected chi connectivity index (χ3v) is 3.77. The molecule has 1 aliphatic heterocycles. The van der Waals surface area contributed by atoms with Gasteiger partial charge in [0.1, 0.15) is 11.1 Å². The molecule has 0 saturated carbocycles. The van der Waals surface area contributed by atoms with Crippen LogP contribution in [0.2, 0.25) is 0 Å².